The van der Waals surface area contributed by atoms with Crippen LogP contribution in [0.4, 0.5) is 34.1 Å². The van der Waals surface area contributed by atoms with Gasteiger partial charge in [0.25, 0.3) is 0 Å². The van der Waals surface area contributed by atoms with Gasteiger partial charge in [-0.2, -0.15) is 0 Å². The summed E-state index contributed by atoms with van der Waals surface area (Å²) in [5.41, 5.74) is 33.4. The lowest BCUT2D eigenvalue weighted by Gasteiger charge is -2.33. The van der Waals surface area contributed by atoms with Crippen molar-refractivity contribution in [1.29, 1.82) is 0 Å². The van der Waals surface area contributed by atoms with Crippen molar-refractivity contribution in [2.75, 3.05) is 9.80 Å². The molecule has 0 amide bonds. The number of hydrogen-bond donors (Lipinski definition) is 0. The molecule has 486 valence electrons. The largest absolute Gasteiger partial charge is 0.454 e. The summed E-state index contributed by atoms with van der Waals surface area (Å²) in [7, 11) is 0. The van der Waals surface area contributed by atoms with Crippen LogP contribution in [0.3, 0.4) is 0 Å². The number of furan rings is 2. The minimum Gasteiger partial charge on any atom is -0.454 e. The number of anilines is 6. The molecule has 22 rings (SSSR count). The second-order valence-electron chi connectivity index (χ2n) is 28.0. The maximum atomic E-state index is 6.94. The van der Waals surface area contributed by atoms with E-state index in [4.69, 9.17) is 8.83 Å². The van der Waals surface area contributed by atoms with Crippen LogP contribution in [0.15, 0.2) is 367 Å². The normalized spacial score (nSPS) is 15.8. The molecular formula is C99H62N2O2S. The molecule has 4 aliphatic carbocycles. The third kappa shape index (κ3) is 7.91. The Morgan fingerprint density at radius 2 is 0.788 bits per heavy atom. The zero-order valence-corrected chi connectivity index (χ0v) is 57.6. The van der Waals surface area contributed by atoms with Crippen LogP contribution in [-0.2, 0) is 10.8 Å². The first kappa shape index (κ1) is 58.7. The lowest BCUT2D eigenvalue weighted by Crippen LogP contribution is -2.26. The topological polar surface area (TPSA) is 32.8 Å². The highest BCUT2D eigenvalue weighted by Crippen LogP contribution is 2.66. The fourth-order valence-electron chi connectivity index (χ4n) is 19.0. The van der Waals surface area contributed by atoms with Crippen LogP contribution in [0.1, 0.15) is 51.4 Å². The summed E-state index contributed by atoms with van der Waals surface area (Å²) < 4.78 is 16.4. The first-order chi connectivity index (χ1) is 51.5. The number of rotatable bonds is 10. The van der Waals surface area contributed by atoms with Crippen LogP contribution in [0, 0.1) is 0 Å². The lowest BCUT2D eigenvalue weighted by atomic mass is 9.70. The van der Waals surface area contributed by atoms with Gasteiger partial charge in [0, 0.05) is 69.9 Å². The number of thiophene rings is 1. The average molecular weight is 1340 g/mol. The van der Waals surface area contributed by atoms with Crippen LogP contribution >= 0.6 is 11.3 Å². The third-order valence-electron chi connectivity index (χ3n) is 23.1. The molecule has 104 heavy (non-hydrogen) atoms. The van der Waals surface area contributed by atoms with Gasteiger partial charge in [-0.15, -0.1) is 11.3 Å². The first-order valence-electron chi connectivity index (χ1n) is 35.8. The van der Waals surface area contributed by atoms with Crippen molar-refractivity contribution < 1.29 is 8.83 Å². The fraction of sp³-hybridized carbons (Fsp3) is 0.0303. The maximum Gasteiger partial charge on any atom is 0.159 e. The molecule has 4 nitrogen and oxygen atoms in total. The summed E-state index contributed by atoms with van der Waals surface area (Å²) in [4.78, 5) is 4.86. The van der Waals surface area contributed by atoms with Crippen LogP contribution < -0.4 is 9.80 Å². The van der Waals surface area contributed by atoms with Crippen molar-refractivity contribution in [2.45, 2.75) is 17.8 Å². The summed E-state index contributed by atoms with van der Waals surface area (Å²) in [6.45, 7) is 6.42. The molecule has 3 heterocycles. The van der Waals surface area contributed by atoms with Crippen molar-refractivity contribution in [2.24, 2.45) is 0 Å². The van der Waals surface area contributed by atoms with Crippen LogP contribution in [0.2, 0.25) is 0 Å². The minimum absolute atomic E-state index is 0.492. The van der Waals surface area contributed by atoms with Gasteiger partial charge in [-0.25, -0.2) is 0 Å². The van der Waals surface area contributed by atoms with Gasteiger partial charge in [-0.1, -0.05) is 274 Å². The zero-order valence-electron chi connectivity index (χ0n) is 56.7. The Balaban J connectivity index is 0.700. The van der Waals surface area contributed by atoms with E-state index in [-0.39, 0.29) is 0 Å². The number of para-hydroxylation sites is 6. The van der Waals surface area contributed by atoms with E-state index < -0.39 is 10.8 Å². The number of nitrogens with zero attached hydrogens (tertiary/aromatic N) is 2. The van der Waals surface area contributed by atoms with E-state index in [9.17, 15) is 0 Å². The molecule has 18 aromatic rings. The molecule has 0 saturated heterocycles. The Hall–Kier alpha value is -13.1. The Morgan fingerprint density at radius 1 is 0.327 bits per heavy atom. The predicted molar refractivity (Wildman–Crippen MR) is 434 cm³/mol. The first-order valence-corrected chi connectivity index (χ1v) is 36.6. The molecule has 4 aliphatic rings. The highest BCUT2D eigenvalue weighted by Gasteiger charge is 2.53. The summed E-state index contributed by atoms with van der Waals surface area (Å²) >= 11 is 1.89. The van der Waals surface area contributed by atoms with E-state index in [0.717, 1.165) is 83.6 Å². The molecule has 15 aromatic carbocycles. The SMILES string of the molecule is C=C/C=C\C1=C(C)C2(c3ccccc31)c1ccccc1-c1ccc(N(c3ccccc3)c3ccccc3-c3cccc4c3sc3cccc(-c5ccc6c(c5)-c5ccccc5C65c6ccccc6-c6ccc(N(c7cccc8c7oc7ccccc78)c7cccc8c7oc7ccccc78)cc65)c34)cc12. The molecule has 2 unspecified atom stereocenters. The highest BCUT2D eigenvalue weighted by atomic mass is 32.1. The second-order valence-corrected chi connectivity index (χ2v) is 29.1. The molecule has 0 bridgehead atoms. The average Bonchev–Trinajstić information content (AvgIpc) is 1.59. The molecule has 2 atom stereocenters. The van der Waals surface area contributed by atoms with Crippen LogP contribution in [0.5, 0.6) is 0 Å². The number of benzene rings is 15. The Labute approximate surface area is 605 Å². The Bertz CT molecular complexity index is 6700. The number of hydrogen-bond acceptors (Lipinski definition) is 5. The van der Waals surface area contributed by atoms with E-state index in [1.54, 1.807) is 0 Å². The number of fused-ring (bicyclic) bond motifs is 26. The van der Waals surface area contributed by atoms with Gasteiger partial charge in [0.1, 0.15) is 11.2 Å². The van der Waals surface area contributed by atoms with Gasteiger partial charge in [0.2, 0.25) is 0 Å². The van der Waals surface area contributed by atoms with E-state index in [0.29, 0.717) is 0 Å². The van der Waals surface area contributed by atoms with Gasteiger partial charge >= 0.3 is 0 Å². The molecular weight excluding hydrogens is 1280 g/mol. The highest BCUT2D eigenvalue weighted by molar-refractivity contribution is 7.26. The van der Waals surface area contributed by atoms with Gasteiger partial charge in [0.15, 0.2) is 11.2 Å². The zero-order chi connectivity index (χ0) is 68.5. The van der Waals surface area contributed by atoms with E-state index in [2.05, 4.69) is 351 Å². The van der Waals surface area contributed by atoms with Crippen molar-refractivity contribution in [3.63, 3.8) is 0 Å². The summed E-state index contributed by atoms with van der Waals surface area (Å²) in [6.07, 6.45) is 6.21. The number of allylic oxidation sites excluding steroid dienone is 5. The van der Waals surface area contributed by atoms with E-state index in [1.165, 1.54) is 126 Å². The van der Waals surface area contributed by atoms with Crippen LogP contribution in [-0.4, -0.2) is 0 Å². The monoisotopic (exact) mass is 1340 g/mol. The van der Waals surface area contributed by atoms with Gasteiger partial charge in [0.05, 0.1) is 27.9 Å². The van der Waals surface area contributed by atoms with Gasteiger partial charge in [-0.3, -0.25) is 0 Å². The summed E-state index contributed by atoms with van der Waals surface area (Å²) in [5, 5.41) is 6.78. The van der Waals surface area contributed by atoms with Crippen molar-refractivity contribution in [1.82, 2.24) is 0 Å². The van der Waals surface area contributed by atoms with E-state index >= 15 is 0 Å². The second kappa shape index (κ2) is 22.2. The molecule has 0 radical (unpaired) electrons. The third-order valence-corrected chi connectivity index (χ3v) is 24.3. The molecule has 5 heteroatoms. The summed E-state index contributed by atoms with van der Waals surface area (Å²) in [5.74, 6) is 0. The van der Waals surface area contributed by atoms with Crippen LogP contribution in [0.25, 0.3) is 125 Å². The summed E-state index contributed by atoms with van der Waals surface area (Å²) in [6, 6.07) is 122. The Morgan fingerprint density at radius 3 is 1.44 bits per heavy atom. The molecule has 0 saturated carbocycles. The lowest BCUT2D eigenvalue weighted by molar-refractivity contribution is 0.666. The molecule has 0 fully saturated rings. The van der Waals surface area contributed by atoms with Gasteiger partial charge in [-0.05, 0) is 186 Å². The molecule has 0 N–H and O–H groups in total. The molecule has 3 aromatic heterocycles. The maximum absolute atomic E-state index is 6.94. The molecule has 2 spiro atoms. The Kier molecular flexibility index (Phi) is 12.5. The van der Waals surface area contributed by atoms with Gasteiger partial charge < -0.3 is 18.6 Å². The van der Waals surface area contributed by atoms with Crippen molar-refractivity contribution in [3.8, 4) is 55.6 Å². The van der Waals surface area contributed by atoms with E-state index in [1.807, 2.05) is 29.5 Å². The molecule has 0 aliphatic heterocycles. The minimum atomic E-state index is -0.650. The quantitative estimate of drug-likeness (QED) is 0.128. The fourth-order valence-corrected chi connectivity index (χ4v) is 20.3. The smallest absolute Gasteiger partial charge is 0.159 e. The van der Waals surface area contributed by atoms with Crippen molar-refractivity contribution >= 4 is 115 Å². The predicted octanol–water partition coefficient (Wildman–Crippen LogP) is 27.3. The standard InChI is InChI=1S/C99H62N2O2S/c1-3-4-28-65-60(2)98(81-41-15-8-29-67(65)81)82-42-16-9-30-68(82)71-54-52-63(58-86(71)98)100(62-26-6-5-7-27-62)88-45-19-12-33-73(88)78-39-22-40-79-94-66(36-25-50-93(94)104-97(78)79)61-51-56-85-80(57-61)70-32-11-18-44-84(70)99(85)83-43-17-10-31-69(83)72-55-53-64(59-87(72)99)101(89-46-23-37-76-74-34-13-20-48-91(74)102-95(76)89)90-47-24-38-77-75-35-14-21-49-92(75)103-96(77)90/h3-59H,1H2,2H3/b28-4-. The van der Waals surface area contributed by atoms with Crippen molar-refractivity contribution in [3.05, 3.63) is 402 Å².